The number of aromatic nitrogens is 3. The number of rotatable bonds is 4. The Balaban J connectivity index is 2.16. The molecule has 0 aliphatic carbocycles. The topological polar surface area (TPSA) is 50.8 Å². The second kappa shape index (κ2) is 4.86. The van der Waals surface area contributed by atoms with Crippen LogP contribution in [0.1, 0.15) is 0 Å². The molecule has 0 spiro atoms. The summed E-state index contributed by atoms with van der Waals surface area (Å²) in [7, 11) is -0.532. The van der Waals surface area contributed by atoms with Crippen molar-refractivity contribution in [3.05, 3.63) is 17.0 Å². The van der Waals surface area contributed by atoms with Crippen molar-refractivity contribution in [3.8, 4) is 5.88 Å². The molecular weight excluding hydrogens is 302 g/mol. The molecule has 0 saturated carbocycles. The van der Waals surface area contributed by atoms with Crippen molar-refractivity contribution in [2.45, 2.75) is 0 Å². The number of fused-ring (bicyclic) bond motifs is 1. The van der Waals surface area contributed by atoms with E-state index < -0.39 is 10.0 Å². The number of nitrogens with one attached hydrogen (secondary N) is 1. The van der Waals surface area contributed by atoms with Gasteiger partial charge in [0.05, 0.1) is 12.0 Å². The number of hydrogen-bond acceptors (Lipinski definition) is 3. The first-order chi connectivity index (χ1) is 7.97. The van der Waals surface area contributed by atoms with Crippen molar-refractivity contribution in [2.75, 3.05) is 31.1 Å². The van der Waals surface area contributed by atoms with Gasteiger partial charge in [-0.25, -0.2) is 20.0 Å². The average molecular weight is 318 g/mol. The first kappa shape index (κ1) is 12.7. The van der Waals surface area contributed by atoms with E-state index >= 15 is 0 Å². The summed E-state index contributed by atoms with van der Waals surface area (Å²) in [5.41, 5.74) is 0.796. The molecule has 0 amide bonds. The third kappa shape index (κ3) is 3.13. The highest BCUT2D eigenvalue weighted by Crippen LogP contribution is 2.34. The minimum Gasteiger partial charge on any atom is -0.476 e. The highest BCUT2D eigenvalue weighted by Gasteiger charge is 2.11. The summed E-state index contributed by atoms with van der Waals surface area (Å²) in [6.07, 6.45) is 10.2. The van der Waals surface area contributed by atoms with Crippen LogP contribution in [0.3, 0.4) is 0 Å². The minimum atomic E-state index is -0.532. The highest BCUT2D eigenvalue weighted by molar-refractivity contribution is 9.10. The number of nitrogens with zero attached hydrogens (tertiary/aromatic N) is 2. The largest absolute Gasteiger partial charge is 0.476 e. The predicted molar refractivity (Wildman–Crippen MR) is 77.3 cm³/mol. The van der Waals surface area contributed by atoms with Crippen LogP contribution in [0.5, 0.6) is 5.88 Å². The van der Waals surface area contributed by atoms with Crippen molar-refractivity contribution in [1.82, 2.24) is 15.0 Å². The van der Waals surface area contributed by atoms with Gasteiger partial charge in [0.25, 0.3) is 0 Å². The Bertz CT molecular complexity index is 521. The molecule has 94 valence electrons. The molecule has 2 heterocycles. The van der Waals surface area contributed by atoms with Crippen molar-refractivity contribution in [2.24, 2.45) is 0 Å². The van der Waals surface area contributed by atoms with E-state index in [1.807, 2.05) is 6.20 Å². The highest BCUT2D eigenvalue weighted by atomic mass is 79.9. The molecule has 2 aromatic rings. The average Bonchev–Trinajstić information content (AvgIpc) is 2.60. The quantitative estimate of drug-likeness (QED) is 0.943. The third-order valence-corrected chi connectivity index (χ3v) is 4.34. The number of ether oxygens (including phenoxy) is 1. The maximum Gasteiger partial charge on any atom is 0.227 e. The zero-order valence-electron chi connectivity index (χ0n) is 10.2. The molecule has 2 aromatic heterocycles. The second-order valence-electron chi connectivity index (χ2n) is 4.68. The van der Waals surface area contributed by atoms with Crippen molar-refractivity contribution >= 4 is 37.0 Å². The molecule has 0 aliphatic heterocycles. The first-order valence-electron chi connectivity index (χ1n) is 5.24. The van der Waals surface area contributed by atoms with Gasteiger partial charge in [0, 0.05) is 16.4 Å². The molecular formula is C11H16BrN3OS. The molecule has 0 aliphatic rings. The summed E-state index contributed by atoms with van der Waals surface area (Å²) in [6.45, 7) is 0.697. The standard InChI is InChI=1S/C11H16BrN3OS/c1-17(2,3)5-4-16-11-9-8(12)6-13-10(9)14-7-15-11/h6-7H,4-5H2,1-3H3,(H,13,14,15). The smallest absolute Gasteiger partial charge is 0.227 e. The third-order valence-electron chi connectivity index (χ3n) is 2.32. The fraction of sp³-hybridized carbons (Fsp3) is 0.455. The van der Waals surface area contributed by atoms with Gasteiger partial charge in [-0.1, -0.05) is 0 Å². The zero-order chi connectivity index (χ0) is 12.5. The van der Waals surface area contributed by atoms with Gasteiger partial charge >= 0.3 is 0 Å². The number of aromatic amines is 1. The second-order valence-corrected chi connectivity index (χ2v) is 10.1. The maximum atomic E-state index is 5.75. The maximum absolute atomic E-state index is 5.75. The number of hydrogen-bond donors (Lipinski definition) is 1. The first-order valence-corrected chi connectivity index (χ1v) is 9.06. The van der Waals surface area contributed by atoms with E-state index in [0.29, 0.717) is 12.5 Å². The Hall–Kier alpha value is -0.750. The molecule has 1 N–H and O–H groups in total. The lowest BCUT2D eigenvalue weighted by Gasteiger charge is -2.24. The fourth-order valence-corrected chi connectivity index (χ4v) is 2.45. The molecule has 0 aromatic carbocycles. The molecule has 0 atom stereocenters. The van der Waals surface area contributed by atoms with Crippen LogP contribution in [0.4, 0.5) is 0 Å². The van der Waals surface area contributed by atoms with Gasteiger partial charge < -0.3 is 9.72 Å². The van der Waals surface area contributed by atoms with Crippen LogP contribution in [-0.2, 0) is 0 Å². The van der Waals surface area contributed by atoms with Crippen LogP contribution in [0, 0.1) is 0 Å². The van der Waals surface area contributed by atoms with Crippen LogP contribution < -0.4 is 4.74 Å². The summed E-state index contributed by atoms with van der Waals surface area (Å²) < 4.78 is 6.69. The van der Waals surface area contributed by atoms with Gasteiger partial charge in [0.15, 0.2) is 0 Å². The summed E-state index contributed by atoms with van der Waals surface area (Å²) in [5.74, 6) is 1.72. The molecule has 6 heteroatoms. The lowest BCUT2D eigenvalue weighted by atomic mass is 10.4. The Morgan fingerprint density at radius 2 is 2.12 bits per heavy atom. The molecule has 0 unspecified atom stereocenters. The minimum absolute atomic E-state index is 0.532. The Morgan fingerprint density at radius 1 is 1.35 bits per heavy atom. The van der Waals surface area contributed by atoms with E-state index in [1.54, 1.807) is 0 Å². The van der Waals surface area contributed by atoms with Crippen molar-refractivity contribution < 1.29 is 4.74 Å². The molecule has 2 rings (SSSR count). The van der Waals surface area contributed by atoms with Crippen molar-refractivity contribution in [3.63, 3.8) is 0 Å². The molecule has 4 nitrogen and oxygen atoms in total. The lowest BCUT2D eigenvalue weighted by Crippen LogP contribution is -2.09. The number of H-pyrrole nitrogens is 1. The van der Waals surface area contributed by atoms with Crippen LogP contribution in [0.15, 0.2) is 17.0 Å². The summed E-state index contributed by atoms with van der Waals surface area (Å²) in [6, 6.07) is 0. The van der Waals surface area contributed by atoms with Crippen molar-refractivity contribution in [1.29, 1.82) is 0 Å². The molecule has 0 fully saturated rings. The van der Waals surface area contributed by atoms with E-state index in [9.17, 15) is 0 Å². The zero-order valence-corrected chi connectivity index (χ0v) is 12.6. The summed E-state index contributed by atoms with van der Waals surface area (Å²) in [4.78, 5) is 11.4. The fourth-order valence-electron chi connectivity index (χ4n) is 1.40. The number of halogens is 1. The van der Waals surface area contributed by atoms with E-state index in [0.717, 1.165) is 21.3 Å². The Morgan fingerprint density at radius 3 is 2.82 bits per heavy atom. The van der Waals surface area contributed by atoms with Gasteiger partial charge in [-0.05, 0) is 34.7 Å². The van der Waals surface area contributed by atoms with Crippen LogP contribution in [0.2, 0.25) is 0 Å². The normalized spacial score (nSPS) is 12.9. The van der Waals surface area contributed by atoms with Crippen LogP contribution in [0.25, 0.3) is 11.0 Å². The van der Waals surface area contributed by atoms with Gasteiger partial charge in [-0.15, -0.1) is 0 Å². The van der Waals surface area contributed by atoms with E-state index in [4.69, 9.17) is 4.74 Å². The molecule has 17 heavy (non-hydrogen) atoms. The molecule has 0 bridgehead atoms. The molecule has 0 saturated heterocycles. The van der Waals surface area contributed by atoms with Crippen LogP contribution >= 0.6 is 26.0 Å². The predicted octanol–water partition coefficient (Wildman–Crippen LogP) is 2.79. The van der Waals surface area contributed by atoms with Crippen LogP contribution in [-0.4, -0.2) is 46.1 Å². The van der Waals surface area contributed by atoms with Gasteiger partial charge in [-0.3, -0.25) is 0 Å². The summed E-state index contributed by atoms with van der Waals surface area (Å²) >= 11 is 3.46. The Labute approximate surface area is 111 Å². The van der Waals surface area contributed by atoms with Gasteiger partial charge in [0.2, 0.25) is 5.88 Å². The van der Waals surface area contributed by atoms with Gasteiger partial charge in [-0.2, -0.15) is 0 Å². The SMILES string of the molecule is CS(C)(C)CCOc1ncnc2[nH]cc(Br)c12. The van der Waals surface area contributed by atoms with E-state index in [2.05, 4.69) is 49.6 Å². The monoisotopic (exact) mass is 317 g/mol. The van der Waals surface area contributed by atoms with Gasteiger partial charge in [0.1, 0.15) is 12.0 Å². The van der Waals surface area contributed by atoms with E-state index in [1.165, 1.54) is 6.33 Å². The summed E-state index contributed by atoms with van der Waals surface area (Å²) in [5, 5.41) is 0.913. The lowest BCUT2D eigenvalue weighted by molar-refractivity contribution is 0.334. The molecule has 0 radical (unpaired) electrons. The van der Waals surface area contributed by atoms with E-state index in [-0.39, 0.29) is 0 Å². The Kier molecular flexibility index (Phi) is 3.63.